The molecule has 2 aromatic carbocycles. The van der Waals surface area contributed by atoms with E-state index in [0.717, 1.165) is 59.7 Å². The summed E-state index contributed by atoms with van der Waals surface area (Å²) in [7, 11) is 0. The molecule has 8 nitrogen and oxygen atoms in total. The number of anilines is 3. The van der Waals surface area contributed by atoms with Crippen LogP contribution in [0.4, 0.5) is 17.3 Å². The number of pyridine rings is 1. The average Bonchev–Trinajstić information content (AvgIpc) is 3.24. The van der Waals surface area contributed by atoms with Crippen LogP contribution >= 0.6 is 0 Å². The summed E-state index contributed by atoms with van der Waals surface area (Å²) in [5.41, 5.74) is 9.11. The second-order valence-corrected chi connectivity index (χ2v) is 10.3. The van der Waals surface area contributed by atoms with E-state index < -0.39 is 0 Å². The molecule has 5 aromatic rings. The predicted octanol–water partition coefficient (Wildman–Crippen LogP) is 7.25. The Bertz CT molecular complexity index is 1900. The van der Waals surface area contributed by atoms with Crippen molar-refractivity contribution in [2.24, 2.45) is 0 Å². The molecule has 8 heteroatoms. The molecule has 3 aromatic heterocycles. The van der Waals surface area contributed by atoms with E-state index in [1.807, 2.05) is 103 Å². The van der Waals surface area contributed by atoms with Crippen LogP contribution in [0.3, 0.4) is 0 Å². The molecule has 44 heavy (non-hydrogen) atoms. The first-order valence-electron chi connectivity index (χ1n) is 15.1. The summed E-state index contributed by atoms with van der Waals surface area (Å²) in [6.45, 7) is 5.87. The van der Waals surface area contributed by atoms with Crippen LogP contribution in [0.5, 0.6) is 0 Å². The first kappa shape index (κ1) is 28.8. The maximum absolute atomic E-state index is 13.0. The summed E-state index contributed by atoms with van der Waals surface area (Å²) >= 11 is 0. The number of fused-ring (bicyclic) bond motifs is 2. The summed E-state index contributed by atoms with van der Waals surface area (Å²) in [6, 6.07) is 22.0. The molecule has 1 aliphatic carbocycles. The van der Waals surface area contributed by atoms with Crippen LogP contribution in [0.25, 0.3) is 28.0 Å². The van der Waals surface area contributed by atoms with E-state index in [2.05, 4.69) is 39.1 Å². The van der Waals surface area contributed by atoms with Gasteiger partial charge in [-0.15, -0.1) is 0 Å². The lowest BCUT2D eigenvalue weighted by Crippen LogP contribution is -2.23. The number of carbonyl (C=O) groups is 1. The van der Waals surface area contributed by atoms with Crippen molar-refractivity contribution in [3.63, 3.8) is 0 Å². The molecular formula is C36H35N7O. The monoisotopic (exact) mass is 581 g/mol. The van der Waals surface area contributed by atoms with Crippen LogP contribution in [0.2, 0.25) is 0 Å². The molecule has 3 N–H and O–H groups in total. The summed E-state index contributed by atoms with van der Waals surface area (Å²) in [4.78, 5) is 22.4. The zero-order valence-corrected chi connectivity index (χ0v) is 24.9. The minimum absolute atomic E-state index is 0.158. The molecule has 0 spiro atoms. The van der Waals surface area contributed by atoms with Crippen LogP contribution in [-0.2, 0) is 17.8 Å². The molecule has 0 fully saturated rings. The highest BCUT2D eigenvalue weighted by Crippen LogP contribution is 2.35. The maximum Gasteiger partial charge on any atom is 0.255 e. The number of nitrogens with one attached hydrogen (secondary N) is 3. The number of amides is 1. The second kappa shape index (κ2) is 13.3. The number of carbonyl (C=O) groups excluding carboxylic acids is 1. The standard InChI is InChI=1S/C34H29N7O.C2H6/c42-33(24-8-3-1-2-4-9-24)37-27-11-7-10-25(20-27)32-31(30-12-5-6-19-41(30)40-32)29-16-18-36-34(39-29)38-28-14-13-23-15-17-35-22-26(23)21-28;1-2/h1,3-14,16,18-21,35H,2,15,17,22H2,(H,37,42)(H,36,38,39);1-2H3. The third kappa shape index (κ3) is 6.21. The number of benzene rings is 2. The van der Waals surface area contributed by atoms with Crippen molar-refractivity contribution in [2.75, 3.05) is 17.2 Å². The molecule has 0 radical (unpaired) electrons. The van der Waals surface area contributed by atoms with Crippen LogP contribution in [0.15, 0.2) is 115 Å². The molecule has 0 bridgehead atoms. The van der Waals surface area contributed by atoms with E-state index in [1.165, 1.54) is 11.1 Å². The Hall–Kier alpha value is -5.34. The Morgan fingerprint density at radius 3 is 2.82 bits per heavy atom. The van der Waals surface area contributed by atoms with Gasteiger partial charge in [0.25, 0.3) is 5.91 Å². The molecule has 0 saturated heterocycles. The minimum atomic E-state index is -0.158. The zero-order chi connectivity index (χ0) is 30.3. The molecule has 1 amide bonds. The van der Waals surface area contributed by atoms with Gasteiger partial charge in [-0.3, -0.25) is 4.79 Å². The fourth-order valence-electron chi connectivity index (χ4n) is 5.38. The predicted molar refractivity (Wildman–Crippen MR) is 178 cm³/mol. The van der Waals surface area contributed by atoms with Crippen molar-refractivity contribution < 1.29 is 4.79 Å². The molecule has 0 unspecified atom stereocenters. The smallest absolute Gasteiger partial charge is 0.255 e. The Morgan fingerprint density at radius 1 is 0.955 bits per heavy atom. The Morgan fingerprint density at radius 2 is 1.89 bits per heavy atom. The second-order valence-electron chi connectivity index (χ2n) is 10.3. The number of rotatable bonds is 6. The van der Waals surface area contributed by atoms with Crippen LogP contribution in [-0.4, -0.2) is 32.0 Å². The summed E-state index contributed by atoms with van der Waals surface area (Å²) in [5, 5.41) is 14.8. The highest BCUT2D eigenvalue weighted by molar-refractivity contribution is 6.06. The van der Waals surface area contributed by atoms with Gasteiger partial charge in [0.05, 0.1) is 16.8 Å². The minimum Gasteiger partial charge on any atom is -0.324 e. The lowest BCUT2D eigenvalue weighted by Gasteiger charge is -2.18. The number of nitrogens with zero attached hydrogens (tertiary/aromatic N) is 4. The van der Waals surface area contributed by atoms with Gasteiger partial charge in [-0.1, -0.05) is 62.4 Å². The third-order valence-corrected chi connectivity index (χ3v) is 7.44. The molecule has 0 atom stereocenters. The summed E-state index contributed by atoms with van der Waals surface area (Å²) < 4.78 is 1.86. The first-order chi connectivity index (χ1) is 21.7. The molecule has 7 rings (SSSR count). The van der Waals surface area contributed by atoms with Gasteiger partial charge in [-0.2, -0.15) is 5.10 Å². The SMILES string of the molecule is CC.O=C(Nc1cccc(-c2nn3ccccc3c2-c2ccnc(Nc3ccc4c(c3)CNCC4)n2)c1)C1=CC=CCC=C1. The van der Waals surface area contributed by atoms with E-state index in [1.54, 1.807) is 6.20 Å². The van der Waals surface area contributed by atoms with Crippen molar-refractivity contribution in [1.82, 2.24) is 24.9 Å². The van der Waals surface area contributed by atoms with Gasteiger partial charge in [0.15, 0.2) is 0 Å². The fourth-order valence-corrected chi connectivity index (χ4v) is 5.38. The van der Waals surface area contributed by atoms with E-state index in [4.69, 9.17) is 10.1 Å². The zero-order valence-electron chi connectivity index (χ0n) is 24.9. The largest absolute Gasteiger partial charge is 0.324 e. The maximum atomic E-state index is 13.0. The van der Waals surface area contributed by atoms with Gasteiger partial charge in [-0.25, -0.2) is 14.5 Å². The van der Waals surface area contributed by atoms with E-state index >= 15 is 0 Å². The van der Waals surface area contributed by atoms with E-state index in [-0.39, 0.29) is 5.91 Å². The van der Waals surface area contributed by atoms with Crippen molar-refractivity contribution in [3.05, 3.63) is 126 Å². The fraction of sp³-hybridized carbons (Fsp3) is 0.167. The Kier molecular flexibility index (Phi) is 8.70. The molecule has 2 aliphatic rings. The lowest BCUT2D eigenvalue weighted by atomic mass is 10.0. The Balaban J connectivity index is 0.00000168. The van der Waals surface area contributed by atoms with Gasteiger partial charge in [0.1, 0.15) is 5.69 Å². The van der Waals surface area contributed by atoms with Crippen molar-refractivity contribution in [3.8, 4) is 22.5 Å². The van der Waals surface area contributed by atoms with Gasteiger partial charge in [-0.05, 0) is 79.1 Å². The summed E-state index contributed by atoms with van der Waals surface area (Å²) in [6.07, 6.45) is 15.1. The molecule has 4 heterocycles. The van der Waals surface area contributed by atoms with Crippen molar-refractivity contribution in [1.29, 1.82) is 0 Å². The van der Waals surface area contributed by atoms with E-state index in [0.29, 0.717) is 17.2 Å². The molecule has 1 aliphatic heterocycles. The highest BCUT2D eigenvalue weighted by atomic mass is 16.1. The van der Waals surface area contributed by atoms with Crippen molar-refractivity contribution in [2.45, 2.75) is 33.2 Å². The van der Waals surface area contributed by atoms with Crippen LogP contribution in [0.1, 0.15) is 31.4 Å². The number of hydrogen-bond donors (Lipinski definition) is 3. The lowest BCUT2D eigenvalue weighted by molar-refractivity contribution is -0.112. The van der Waals surface area contributed by atoms with Gasteiger partial charge < -0.3 is 16.0 Å². The highest BCUT2D eigenvalue weighted by Gasteiger charge is 2.19. The average molecular weight is 582 g/mol. The normalized spacial score (nSPS) is 13.7. The number of hydrogen-bond acceptors (Lipinski definition) is 6. The topological polar surface area (TPSA) is 96.2 Å². The Labute approximate surface area is 257 Å². The van der Waals surface area contributed by atoms with Crippen LogP contribution < -0.4 is 16.0 Å². The molecular weight excluding hydrogens is 546 g/mol. The van der Waals surface area contributed by atoms with Crippen molar-refractivity contribution >= 4 is 28.7 Å². The van der Waals surface area contributed by atoms with Gasteiger partial charge >= 0.3 is 0 Å². The third-order valence-electron chi connectivity index (χ3n) is 7.44. The first-order valence-corrected chi connectivity index (χ1v) is 15.1. The van der Waals surface area contributed by atoms with E-state index in [9.17, 15) is 4.79 Å². The van der Waals surface area contributed by atoms with Gasteiger partial charge in [0, 0.05) is 41.4 Å². The number of aromatic nitrogens is 4. The molecule has 220 valence electrons. The number of allylic oxidation sites excluding steroid dienone is 4. The van der Waals surface area contributed by atoms with Crippen LogP contribution in [0, 0.1) is 0 Å². The molecule has 0 saturated carbocycles. The van der Waals surface area contributed by atoms with Gasteiger partial charge in [0.2, 0.25) is 5.95 Å². The summed E-state index contributed by atoms with van der Waals surface area (Å²) in [5.74, 6) is 0.354. The quantitative estimate of drug-likeness (QED) is 0.195.